The zero-order valence-electron chi connectivity index (χ0n) is 13.8. The Balaban J connectivity index is 1.68. The number of ether oxygens (including phenoxy) is 1. The number of ketones is 1. The molecule has 0 unspecified atom stereocenters. The molecule has 0 spiro atoms. The summed E-state index contributed by atoms with van der Waals surface area (Å²) in [5.74, 6) is -1.21. The second-order valence-electron chi connectivity index (χ2n) is 5.46. The highest BCUT2D eigenvalue weighted by atomic mass is 35.5. The van der Waals surface area contributed by atoms with Crippen molar-refractivity contribution in [3.05, 3.63) is 69.7 Å². The van der Waals surface area contributed by atoms with E-state index in [1.165, 1.54) is 0 Å². The molecule has 2 rings (SSSR count). The molecule has 0 aromatic heterocycles. The zero-order valence-corrected chi connectivity index (χ0v) is 15.3. The first kappa shape index (κ1) is 19.9. The van der Waals surface area contributed by atoms with Gasteiger partial charge in [0.1, 0.15) is 0 Å². The van der Waals surface area contributed by atoms with E-state index in [9.17, 15) is 14.4 Å². The van der Waals surface area contributed by atoms with Crippen molar-refractivity contribution in [3.8, 4) is 0 Å². The number of benzene rings is 2. The first-order valence-corrected chi connectivity index (χ1v) is 8.66. The number of carbonyl (C=O) groups excluding carboxylic acids is 3. The number of amides is 1. The average Bonchev–Trinajstić information content (AvgIpc) is 2.64. The molecule has 0 aliphatic rings. The predicted molar refractivity (Wildman–Crippen MR) is 99.3 cm³/mol. The number of hydrogen-bond donors (Lipinski definition) is 1. The van der Waals surface area contributed by atoms with Crippen LogP contribution in [0.15, 0.2) is 48.5 Å². The van der Waals surface area contributed by atoms with E-state index in [0.717, 1.165) is 0 Å². The highest BCUT2D eigenvalue weighted by Crippen LogP contribution is 2.20. The van der Waals surface area contributed by atoms with E-state index >= 15 is 0 Å². The molecule has 1 N–H and O–H groups in total. The molecule has 0 aliphatic heterocycles. The number of hydrogen-bond acceptors (Lipinski definition) is 4. The molecule has 0 heterocycles. The van der Waals surface area contributed by atoms with Gasteiger partial charge in [0.2, 0.25) is 0 Å². The minimum absolute atomic E-state index is 0.0326. The molecule has 2 aromatic carbocycles. The van der Waals surface area contributed by atoms with Crippen LogP contribution in [0.5, 0.6) is 0 Å². The quantitative estimate of drug-likeness (QED) is 0.546. The van der Waals surface area contributed by atoms with E-state index in [1.807, 2.05) is 0 Å². The summed E-state index contributed by atoms with van der Waals surface area (Å²) in [5.41, 5.74) is 1.24. The van der Waals surface area contributed by atoms with Gasteiger partial charge in [-0.2, -0.15) is 0 Å². The molecule has 0 radical (unpaired) electrons. The van der Waals surface area contributed by atoms with Gasteiger partial charge >= 0.3 is 5.97 Å². The lowest BCUT2D eigenvalue weighted by Crippen LogP contribution is -2.28. The SMILES string of the molecule is O=C(COC(=O)CCC(=O)c1ccccc1)NCc1ccc(Cl)cc1Cl. The number of Topliss-reactive ketones (excluding diaryl/α,β-unsaturated/α-hetero) is 1. The first-order valence-electron chi connectivity index (χ1n) is 7.90. The molecule has 1 amide bonds. The topological polar surface area (TPSA) is 72.5 Å². The summed E-state index contributed by atoms with van der Waals surface area (Å²) in [6, 6.07) is 13.6. The van der Waals surface area contributed by atoms with Crippen LogP contribution in [0.25, 0.3) is 0 Å². The van der Waals surface area contributed by atoms with Gasteiger partial charge in [-0.25, -0.2) is 0 Å². The Hall–Kier alpha value is -2.37. The molecule has 136 valence electrons. The van der Waals surface area contributed by atoms with Gasteiger partial charge in [-0.15, -0.1) is 0 Å². The number of rotatable bonds is 8. The third kappa shape index (κ3) is 6.50. The van der Waals surface area contributed by atoms with Crippen molar-refractivity contribution in [2.24, 2.45) is 0 Å². The Morgan fingerprint density at radius 3 is 2.38 bits per heavy atom. The van der Waals surface area contributed by atoms with Crippen LogP contribution in [0.1, 0.15) is 28.8 Å². The maximum Gasteiger partial charge on any atom is 0.306 e. The van der Waals surface area contributed by atoms with Gasteiger partial charge in [-0.05, 0) is 17.7 Å². The fourth-order valence-corrected chi connectivity index (χ4v) is 2.59. The summed E-state index contributed by atoms with van der Waals surface area (Å²) in [6.07, 6.45) is -0.0468. The first-order chi connectivity index (χ1) is 12.5. The number of esters is 1. The minimum Gasteiger partial charge on any atom is -0.456 e. The summed E-state index contributed by atoms with van der Waals surface area (Å²) >= 11 is 11.8. The van der Waals surface area contributed by atoms with Gasteiger partial charge in [0, 0.05) is 28.6 Å². The maximum absolute atomic E-state index is 11.9. The number of halogens is 2. The smallest absolute Gasteiger partial charge is 0.306 e. The highest BCUT2D eigenvalue weighted by Gasteiger charge is 2.12. The Kier molecular flexibility index (Phi) is 7.63. The molecule has 0 saturated carbocycles. The second-order valence-corrected chi connectivity index (χ2v) is 6.31. The third-order valence-electron chi connectivity index (χ3n) is 3.51. The summed E-state index contributed by atoms with van der Waals surface area (Å²) in [5, 5.41) is 3.54. The summed E-state index contributed by atoms with van der Waals surface area (Å²) < 4.78 is 4.87. The van der Waals surface area contributed by atoms with Crippen LogP contribution in [-0.2, 0) is 20.9 Å². The lowest BCUT2D eigenvalue weighted by molar-refractivity contribution is -0.148. The van der Waals surface area contributed by atoms with Crippen LogP contribution in [-0.4, -0.2) is 24.3 Å². The molecule has 2 aromatic rings. The van der Waals surface area contributed by atoms with Gasteiger partial charge in [0.05, 0.1) is 6.42 Å². The normalized spacial score (nSPS) is 10.2. The van der Waals surface area contributed by atoms with Crippen molar-refractivity contribution < 1.29 is 19.1 Å². The molecule has 0 atom stereocenters. The van der Waals surface area contributed by atoms with Crippen molar-refractivity contribution in [1.29, 1.82) is 0 Å². The lowest BCUT2D eigenvalue weighted by atomic mass is 10.1. The van der Waals surface area contributed by atoms with E-state index in [4.69, 9.17) is 27.9 Å². The van der Waals surface area contributed by atoms with E-state index in [1.54, 1.807) is 48.5 Å². The fourth-order valence-electron chi connectivity index (χ4n) is 2.11. The van der Waals surface area contributed by atoms with Gasteiger partial charge in [-0.3, -0.25) is 14.4 Å². The zero-order chi connectivity index (χ0) is 18.9. The molecule has 0 aliphatic carbocycles. The van der Waals surface area contributed by atoms with Crippen LogP contribution < -0.4 is 5.32 Å². The highest BCUT2D eigenvalue weighted by molar-refractivity contribution is 6.35. The molecule has 0 fully saturated rings. The van der Waals surface area contributed by atoms with Crippen molar-refractivity contribution in [2.75, 3.05) is 6.61 Å². The average molecular weight is 394 g/mol. The second kappa shape index (κ2) is 9.94. The van der Waals surface area contributed by atoms with E-state index in [2.05, 4.69) is 5.32 Å². The monoisotopic (exact) mass is 393 g/mol. The number of carbonyl (C=O) groups is 3. The Labute approximate surface area is 161 Å². The van der Waals surface area contributed by atoms with Crippen LogP contribution in [0, 0.1) is 0 Å². The molecule has 0 bridgehead atoms. The molecule has 26 heavy (non-hydrogen) atoms. The van der Waals surface area contributed by atoms with Crippen LogP contribution in [0.3, 0.4) is 0 Å². The van der Waals surface area contributed by atoms with Gasteiger partial charge < -0.3 is 10.1 Å². The molecular formula is C19H17Cl2NO4. The fraction of sp³-hybridized carbons (Fsp3) is 0.211. The molecular weight excluding hydrogens is 377 g/mol. The lowest BCUT2D eigenvalue weighted by Gasteiger charge is -2.08. The van der Waals surface area contributed by atoms with E-state index in [-0.39, 0.29) is 25.2 Å². The largest absolute Gasteiger partial charge is 0.456 e. The summed E-state index contributed by atoms with van der Waals surface area (Å²) in [6.45, 7) is -0.220. The van der Waals surface area contributed by atoms with Crippen LogP contribution in [0.4, 0.5) is 0 Å². The summed E-state index contributed by atoms with van der Waals surface area (Å²) in [4.78, 5) is 35.3. The summed E-state index contributed by atoms with van der Waals surface area (Å²) in [7, 11) is 0. The molecule has 7 heteroatoms. The number of nitrogens with one attached hydrogen (secondary N) is 1. The maximum atomic E-state index is 11.9. The predicted octanol–water partition coefficient (Wildman–Crippen LogP) is 3.82. The Bertz CT molecular complexity index is 793. The third-order valence-corrected chi connectivity index (χ3v) is 4.09. The van der Waals surface area contributed by atoms with Gasteiger partial charge in [0.25, 0.3) is 5.91 Å². The van der Waals surface area contributed by atoms with Crippen molar-refractivity contribution in [3.63, 3.8) is 0 Å². The molecule has 5 nitrogen and oxygen atoms in total. The van der Waals surface area contributed by atoms with E-state index < -0.39 is 18.5 Å². The minimum atomic E-state index is -0.603. The van der Waals surface area contributed by atoms with E-state index in [0.29, 0.717) is 21.2 Å². The van der Waals surface area contributed by atoms with Gasteiger partial charge in [-0.1, -0.05) is 59.6 Å². The Morgan fingerprint density at radius 1 is 0.962 bits per heavy atom. The van der Waals surface area contributed by atoms with Crippen molar-refractivity contribution >= 4 is 40.9 Å². The van der Waals surface area contributed by atoms with Crippen molar-refractivity contribution in [2.45, 2.75) is 19.4 Å². The van der Waals surface area contributed by atoms with Crippen LogP contribution >= 0.6 is 23.2 Å². The van der Waals surface area contributed by atoms with Crippen LogP contribution in [0.2, 0.25) is 10.0 Å². The Morgan fingerprint density at radius 2 is 1.69 bits per heavy atom. The van der Waals surface area contributed by atoms with Gasteiger partial charge in [0.15, 0.2) is 12.4 Å². The standard InChI is InChI=1S/C19H17Cl2NO4/c20-15-7-6-14(16(21)10-15)11-22-18(24)12-26-19(25)9-8-17(23)13-4-2-1-3-5-13/h1-7,10H,8-9,11-12H2,(H,22,24). The van der Waals surface area contributed by atoms with Crippen molar-refractivity contribution in [1.82, 2.24) is 5.32 Å². The molecule has 0 saturated heterocycles.